The minimum Gasteiger partial charge on any atom is -0.431 e. The number of allylic oxidation sites excluding steroid dienone is 1. The number of carbonyl (C=O) groups excluding carboxylic acids is 1. The van der Waals surface area contributed by atoms with Gasteiger partial charge < -0.3 is 4.74 Å². The van der Waals surface area contributed by atoms with E-state index in [-0.39, 0.29) is 11.4 Å². The van der Waals surface area contributed by atoms with E-state index in [4.69, 9.17) is 4.74 Å². The molecular formula is C10H16O2. The summed E-state index contributed by atoms with van der Waals surface area (Å²) in [6, 6.07) is 0. The molecule has 0 bridgehead atoms. The Morgan fingerprint density at radius 3 is 2.33 bits per heavy atom. The first kappa shape index (κ1) is 9.30. The van der Waals surface area contributed by atoms with Crippen LogP contribution in [0.5, 0.6) is 0 Å². The lowest BCUT2D eigenvalue weighted by Gasteiger charge is -2.20. The van der Waals surface area contributed by atoms with E-state index in [1.165, 1.54) is 0 Å². The summed E-state index contributed by atoms with van der Waals surface area (Å²) in [6.07, 6.45) is 1.73. The second-order valence-corrected chi connectivity index (χ2v) is 3.46. The van der Waals surface area contributed by atoms with E-state index in [1.54, 1.807) is 0 Å². The number of hydrogen-bond acceptors (Lipinski definition) is 2. The third-order valence-electron chi connectivity index (χ3n) is 2.85. The highest BCUT2D eigenvalue weighted by Gasteiger charge is 2.43. The number of ether oxygens (including phenoxy) is 1. The first-order valence-electron chi connectivity index (χ1n) is 4.48. The molecule has 1 aliphatic heterocycles. The van der Waals surface area contributed by atoms with Crippen LogP contribution < -0.4 is 0 Å². The number of carbonyl (C=O) groups is 1. The molecule has 2 heteroatoms. The summed E-state index contributed by atoms with van der Waals surface area (Å²) in [5.74, 6) is 0.728. The highest BCUT2D eigenvalue weighted by Crippen LogP contribution is 2.42. The first-order chi connectivity index (χ1) is 5.56. The molecule has 1 rings (SSSR count). The molecule has 0 fully saturated rings. The van der Waals surface area contributed by atoms with Crippen molar-refractivity contribution in [2.45, 2.75) is 40.5 Å². The molecule has 0 radical (unpaired) electrons. The Balaban J connectivity index is 3.06. The molecule has 0 aromatic carbocycles. The molecule has 0 aromatic heterocycles. The van der Waals surface area contributed by atoms with Crippen LogP contribution in [0, 0.1) is 5.41 Å². The molecule has 2 nitrogen and oxygen atoms in total. The fourth-order valence-corrected chi connectivity index (χ4v) is 1.82. The van der Waals surface area contributed by atoms with Gasteiger partial charge in [-0.2, -0.15) is 0 Å². The SMILES string of the molecule is CCC1=C(C)OC(=O)C1(C)CC. The maximum atomic E-state index is 11.4. The first-order valence-corrected chi connectivity index (χ1v) is 4.48. The van der Waals surface area contributed by atoms with Crippen molar-refractivity contribution in [2.24, 2.45) is 5.41 Å². The molecule has 1 atom stereocenters. The zero-order chi connectivity index (χ0) is 9.35. The molecule has 0 aliphatic carbocycles. The van der Waals surface area contributed by atoms with Gasteiger partial charge in [0.1, 0.15) is 5.76 Å². The van der Waals surface area contributed by atoms with Gasteiger partial charge in [-0.05, 0) is 32.3 Å². The van der Waals surface area contributed by atoms with Crippen molar-refractivity contribution in [3.8, 4) is 0 Å². The summed E-state index contributed by atoms with van der Waals surface area (Å²) in [6.45, 7) is 7.92. The van der Waals surface area contributed by atoms with Gasteiger partial charge in [0, 0.05) is 0 Å². The van der Waals surface area contributed by atoms with Gasteiger partial charge >= 0.3 is 5.97 Å². The van der Waals surface area contributed by atoms with Crippen molar-refractivity contribution in [1.29, 1.82) is 0 Å². The van der Waals surface area contributed by atoms with E-state index < -0.39 is 0 Å². The molecule has 1 aliphatic rings. The Kier molecular flexibility index (Phi) is 2.27. The maximum Gasteiger partial charge on any atom is 0.321 e. The summed E-state index contributed by atoms with van der Waals surface area (Å²) < 4.78 is 5.11. The van der Waals surface area contributed by atoms with Crippen LogP contribution >= 0.6 is 0 Å². The molecular weight excluding hydrogens is 152 g/mol. The van der Waals surface area contributed by atoms with Crippen LogP contribution in [-0.4, -0.2) is 5.97 Å². The monoisotopic (exact) mass is 168 g/mol. The summed E-state index contributed by atoms with van der Waals surface area (Å²) in [5.41, 5.74) is 0.814. The number of hydrogen-bond donors (Lipinski definition) is 0. The molecule has 0 saturated carbocycles. The van der Waals surface area contributed by atoms with Crippen LogP contribution in [0.3, 0.4) is 0 Å². The Morgan fingerprint density at radius 2 is 2.00 bits per heavy atom. The van der Waals surface area contributed by atoms with Gasteiger partial charge in [0.05, 0.1) is 5.41 Å². The predicted octanol–water partition coefficient (Wildman–Crippen LogP) is 2.64. The van der Waals surface area contributed by atoms with Crippen molar-refractivity contribution in [1.82, 2.24) is 0 Å². The lowest BCUT2D eigenvalue weighted by Crippen LogP contribution is -2.24. The van der Waals surface area contributed by atoms with Gasteiger partial charge in [-0.25, -0.2) is 0 Å². The molecule has 1 unspecified atom stereocenters. The van der Waals surface area contributed by atoms with Gasteiger partial charge in [-0.1, -0.05) is 13.8 Å². The normalized spacial score (nSPS) is 29.5. The predicted molar refractivity (Wildman–Crippen MR) is 47.5 cm³/mol. The molecule has 0 amide bonds. The van der Waals surface area contributed by atoms with E-state index in [0.717, 1.165) is 24.2 Å². The number of rotatable bonds is 2. The fourth-order valence-electron chi connectivity index (χ4n) is 1.82. The second-order valence-electron chi connectivity index (χ2n) is 3.46. The van der Waals surface area contributed by atoms with Crippen LogP contribution in [0.2, 0.25) is 0 Å². The van der Waals surface area contributed by atoms with Crippen LogP contribution in [0.4, 0.5) is 0 Å². The van der Waals surface area contributed by atoms with E-state index in [9.17, 15) is 4.79 Å². The minimum absolute atomic E-state index is 0.0839. The van der Waals surface area contributed by atoms with E-state index in [2.05, 4.69) is 6.92 Å². The number of cyclic esters (lactones) is 1. The van der Waals surface area contributed by atoms with Gasteiger partial charge in [0.15, 0.2) is 0 Å². The average molecular weight is 168 g/mol. The summed E-state index contributed by atoms with van der Waals surface area (Å²) in [7, 11) is 0. The van der Waals surface area contributed by atoms with Crippen molar-refractivity contribution in [2.75, 3.05) is 0 Å². The molecule has 68 valence electrons. The van der Waals surface area contributed by atoms with Crippen molar-refractivity contribution in [3.05, 3.63) is 11.3 Å². The topological polar surface area (TPSA) is 26.3 Å². The zero-order valence-corrected chi connectivity index (χ0v) is 8.23. The molecule has 0 aromatic rings. The number of esters is 1. The van der Waals surface area contributed by atoms with Crippen LogP contribution in [0.15, 0.2) is 11.3 Å². The standard InChI is InChI=1S/C10H16O2/c1-5-8-7(3)12-9(11)10(8,4)6-2/h5-6H2,1-4H3. The van der Waals surface area contributed by atoms with E-state index in [0.29, 0.717) is 0 Å². The maximum absolute atomic E-state index is 11.4. The van der Waals surface area contributed by atoms with Gasteiger partial charge in [-0.15, -0.1) is 0 Å². The Labute approximate surface area is 73.6 Å². The average Bonchev–Trinajstić information content (AvgIpc) is 2.24. The van der Waals surface area contributed by atoms with Crippen LogP contribution in [-0.2, 0) is 9.53 Å². The molecule has 0 N–H and O–H groups in total. The van der Waals surface area contributed by atoms with E-state index in [1.807, 2.05) is 20.8 Å². The largest absolute Gasteiger partial charge is 0.431 e. The van der Waals surface area contributed by atoms with Gasteiger partial charge in [0.2, 0.25) is 0 Å². The highest BCUT2D eigenvalue weighted by molar-refractivity contribution is 5.84. The smallest absolute Gasteiger partial charge is 0.321 e. The molecule has 0 saturated heterocycles. The van der Waals surface area contributed by atoms with Gasteiger partial charge in [-0.3, -0.25) is 4.79 Å². The van der Waals surface area contributed by atoms with Crippen molar-refractivity contribution in [3.63, 3.8) is 0 Å². The Morgan fingerprint density at radius 1 is 1.42 bits per heavy atom. The highest BCUT2D eigenvalue weighted by atomic mass is 16.5. The van der Waals surface area contributed by atoms with Crippen molar-refractivity contribution >= 4 is 5.97 Å². The fraction of sp³-hybridized carbons (Fsp3) is 0.700. The molecule has 0 spiro atoms. The molecule has 12 heavy (non-hydrogen) atoms. The Hall–Kier alpha value is -0.790. The Bertz CT molecular complexity index is 240. The van der Waals surface area contributed by atoms with Crippen molar-refractivity contribution < 1.29 is 9.53 Å². The second kappa shape index (κ2) is 2.92. The lowest BCUT2D eigenvalue weighted by molar-refractivity contribution is -0.144. The summed E-state index contributed by atoms with van der Waals surface area (Å²) >= 11 is 0. The third kappa shape index (κ3) is 1.06. The summed E-state index contributed by atoms with van der Waals surface area (Å²) in [5, 5.41) is 0. The van der Waals surface area contributed by atoms with Gasteiger partial charge in [0.25, 0.3) is 0 Å². The quantitative estimate of drug-likeness (QED) is 0.592. The zero-order valence-electron chi connectivity index (χ0n) is 8.23. The third-order valence-corrected chi connectivity index (χ3v) is 2.85. The summed E-state index contributed by atoms with van der Waals surface area (Å²) in [4.78, 5) is 11.4. The van der Waals surface area contributed by atoms with Crippen LogP contribution in [0.1, 0.15) is 40.5 Å². The van der Waals surface area contributed by atoms with E-state index >= 15 is 0 Å². The lowest BCUT2D eigenvalue weighted by atomic mass is 9.79. The minimum atomic E-state index is -0.348. The van der Waals surface area contributed by atoms with Crippen LogP contribution in [0.25, 0.3) is 0 Å². The molecule has 1 heterocycles.